The van der Waals surface area contributed by atoms with Crippen molar-refractivity contribution in [2.24, 2.45) is 0 Å². The molecule has 0 aliphatic carbocycles. The summed E-state index contributed by atoms with van der Waals surface area (Å²) < 4.78 is 27.2. The monoisotopic (exact) mass is 415 g/mol. The van der Waals surface area contributed by atoms with E-state index in [1.54, 1.807) is 37.6 Å². The van der Waals surface area contributed by atoms with Crippen LogP contribution in [0, 0.1) is 0 Å². The van der Waals surface area contributed by atoms with Gasteiger partial charge in [0.05, 0.1) is 4.90 Å². The summed E-state index contributed by atoms with van der Waals surface area (Å²) in [5.74, 6) is 0. The number of hydrogen-bond acceptors (Lipinski definition) is 4. The molecule has 0 radical (unpaired) electrons. The molecule has 3 rings (SSSR count). The minimum Gasteiger partial charge on any atom is -0.312 e. The largest absolute Gasteiger partial charge is 0.312 e. The topological polar surface area (TPSA) is 62.3 Å². The Hall–Kier alpha value is -2.25. The van der Waals surface area contributed by atoms with Crippen LogP contribution < -0.4 is 5.32 Å². The molecule has 1 N–H and O–H groups in total. The normalized spacial score (nSPS) is 12.2. The van der Waals surface area contributed by atoms with E-state index in [0.717, 1.165) is 10.9 Å². The van der Waals surface area contributed by atoms with Crippen LogP contribution in [0.4, 0.5) is 0 Å². The highest BCUT2D eigenvalue weighted by molar-refractivity contribution is 7.89. The van der Waals surface area contributed by atoms with Crippen LogP contribution in [0.5, 0.6) is 0 Å². The number of nitrogens with one attached hydrogen (secondary N) is 1. The zero-order valence-electron chi connectivity index (χ0n) is 15.5. The third kappa shape index (κ3) is 4.97. The first-order chi connectivity index (χ1) is 13.5. The number of nitrogens with zero attached hydrogens (tertiary/aromatic N) is 2. The second-order valence-corrected chi connectivity index (χ2v) is 8.79. The highest BCUT2D eigenvalue weighted by atomic mass is 35.5. The Bertz CT molecular complexity index is 1060. The summed E-state index contributed by atoms with van der Waals surface area (Å²) in [6.07, 6.45) is 7.27. The van der Waals surface area contributed by atoms with Crippen molar-refractivity contribution in [2.45, 2.75) is 4.90 Å². The molecule has 146 valence electrons. The second kappa shape index (κ2) is 9.30. The fourth-order valence-corrected chi connectivity index (χ4v) is 4.30. The molecule has 0 saturated heterocycles. The molecule has 28 heavy (non-hydrogen) atoms. The van der Waals surface area contributed by atoms with Crippen molar-refractivity contribution >= 4 is 38.5 Å². The maximum absolute atomic E-state index is 12.9. The zero-order valence-corrected chi connectivity index (χ0v) is 17.1. The fraction of sp³-hybridized carbons (Fsp3) is 0.190. The smallest absolute Gasteiger partial charge is 0.243 e. The summed E-state index contributed by atoms with van der Waals surface area (Å²) in [5.41, 5.74) is 1.07. The van der Waals surface area contributed by atoms with E-state index in [1.165, 1.54) is 4.31 Å². The first-order valence-electron chi connectivity index (χ1n) is 8.90. The van der Waals surface area contributed by atoms with Crippen molar-refractivity contribution < 1.29 is 8.42 Å². The Kier molecular flexibility index (Phi) is 6.80. The molecular formula is C21H22ClN3O2S. The third-order valence-corrected chi connectivity index (χ3v) is 6.54. The number of halogens is 1. The van der Waals surface area contributed by atoms with Crippen LogP contribution in [-0.2, 0) is 10.0 Å². The summed E-state index contributed by atoms with van der Waals surface area (Å²) >= 11 is 5.86. The van der Waals surface area contributed by atoms with Gasteiger partial charge in [0.1, 0.15) is 0 Å². The molecule has 0 bridgehead atoms. The van der Waals surface area contributed by atoms with Gasteiger partial charge in [0.2, 0.25) is 10.0 Å². The number of rotatable bonds is 8. The number of aromatic nitrogens is 1. The van der Waals surface area contributed by atoms with Gasteiger partial charge in [0, 0.05) is 54.9 Å². The molecule has 0 aliphatic heterocycles. The van der Waals surface area contributed by atoms with Crippen molar-refractivity contribution in [2.75, 3.05) is 26.7 Å². The fourth-order valence-electron chi connectivity index (χ4n) is 2.80. The number of fused-ring (bicyclic) bond motifs is 1. The number of sulfonamides is 1. The summed E-state index contributed by atoms with van der Waals surface area (Å²) in [6.45, 7) is 1.57. The SMILES string of the molecule is CN(CCNC/C=C/c1ccc(Cl)cc1)S(=O)(=O)c1cccc2cnccc12. The van der Waals surface area contributed by atoms with E-state index < -0.39 is 10.0 Å². The molecule has 0 unspecified atom stereocenters. The van der Waals surface area contributed by atoms with Gasteiger partial charge in [-0.15, -0.1) is 0 Å². The van der Waals surface area contributed by atoms with Gasteiger partial charge in [-0.25, -0.2) is 8.42 Å². The van der Waals surface area contributed by atoms with Gasteiger partial charge in [0.25, 0.3) is 0 Å². The van der Waals surface area contributed by atoms with E-state index in [9.17, 15) is 8.42 Å². The molecule has 5 nitrogen and oxygen atoms in total. The maximum atomic E-state index is 12.9. The number of likely N-dealkylation sites (N-methyl/N-ethyl adjacent to an activating group) is 1. The van der Waals surface area contributed by atoms with Crippen molar-refractivity contribution in [3.8, 4) is 0 Å². The lowest BCUT2D eigenvalue weighted by Crippen LogP contribution is -2.34. The van der Waals surface area contributed by atoms with Crippen LogP contribution in [0.15, 0.2) is 71.9 Å². The van der Waals surface area contributed by atoms with Crippen LogP contribution in [0.3, 0.4) is 0 Å². The molecule has 7 heteroatoms. The quantitative estimate of drug-likeness (QED) is 0.568. The van der Waals surface area contributed by atoms with Crippen molar-refractivity contribution in [1.82, 2.24) is 14.6 Å². The molecule has 0 amide bonds. The lowest BCUT2D eigenvalue weighted by atomic mass is 10.2. The summed E-state index contributed by atoms with van der Waals surface area (Å²) in [4.78, 5) is 4.36. The van der Waals surface area contributed by atoms with E-state index >= 15 is 0 Å². The van der Waals surface area contributed by atoms with Crippen LogP contribution >= 0.6 is 11.6 Å². The average Bonchev–Trinajstić information content (AvgIpc) is 2.71. The molecule has 0 atom stereocenters. The molecule has 0 aliphatic rings. The van der Waals surface area contributed by atoms with Crippen LogP contribution in [-0.4, -0.2) is 44.4 Å². The molecule has 0 spiro atoms. The summed E-state index contributed by atoms with van der Waals surface area (Å²) in [6, 6.07) is 14.5. The highest BCUT2D eigenvalue weighted by Crippen LogP contribution is 2.24. The average molecular weight is 416 g/mol. The Morgan fingerprint density at radius 2 is 1.93 bits per heavy atom. The minimum absolute atomic E-state index is 0.303. The Morgan fingerprint density at radius 1 is 1.14 bits per heavy atom. The van der Waals surface area contributed by atoms with Crippen LogP contribution in [0.25, 0.3) is 16.8 Å². The molecular weight excluding hydrogens is 394 g/mol. The lowest BCUT2D eigenvalue weighted by molar-refractivity contribution is 0.464. The lowest BCUT2D eigenvalue weighted by Gasteiger charge is -2.18. The number of hydrogen-bond donors (Lipinski definition) is 1. The van der Waals surface area contributed by atoms with E-state index in [4.69, 9.17) is 11.6 Å². The standard InChI is InChI=1S/C21H22ClN3O2S/c1-25(15-14-23-12-3-4-17-7-9-19(22)10-8-17)28(26,27)21-6-2-5-18-16-24-13-11-20(18)21/h2-11,13,16,23H,12,14-15H2,1H3/b4-3+. The molecule has 1 heterocycles. The molecule has 0 saturated carbocycles. The van der Waals surface area contributed by atoms with E-state index in [1.807, 2.05) is 42.5 Å². The van der Waals surface area contributed by atoms with Gasteiger partial charge in [-0.05, 0) is 29.8 Å². The Balaban J connectivity index is 1.55. The van der Waals surface area contributed by atoms with Crippen molar-refractivity contribution in [1.29, 1.82) is 0 Å². The molecule has 1 aromatic heterocycles. The van der Waals surface area contributed by atoms with Crippen molar-refractivity contribution in [3.63, 3.8) is 0 Å². The first kappa shape index (κ1) is 20.5. The minimum atomic E-state index is -3.57. The predicted molar refractivity (Wildman–Crippen MR) is 115 cm³/mol. The van der Waals surface area contributed by atoms with Crippen LogP contribution in [0.1, 0.15) is 5.56 Å². The molecule has 0 fully saturated rings. The number of pyridine rings is 1. The Labute approximate surface area is 170 Å². The summed E-state index contributed by atoms with van der Waals surface area (Å²) in [7, 11) is -1.97. The van der Waals surface area contributed by atoms with E-state index in [-0.39, 0.29) is 0 Å². The Morgan fingerprint density at radius 3 is 2.71 bits per heavy atom. The van der Waals surface area contributed by atoms with Gasteiger partial charge < -0.3 is 5.32 Å². The molecule has 3 aromatic rings. The maximum Gasteiger partial charge on any atom is 0.243 e. The van der Waals surface area contributed by atoms with Gasteiger partial charge in [-0.3, -0.25) is 4.98 Å². The van der Waals surface area contributed by atoms with Gasteiger partial charge >= 0.3 is 0 Å². The van der Waals surface area contributed by atoms with Crippen LogP contribution in [0.2, 0.25) is 5.02 Å². The third-order valence-electron chi connectivity index (χ3n) is 4.37. The summed E-state index contributed by atoms with van der Waals surface area (Å²) in [5, 5.41) is 5.43. The second-order valence-electron chi connectivity index (χ2n) is 6.34. The van der Waals surface area contributed by atoms with Gasteiger partial charge in [-0.1, -0.05) is 48.0 Å². The van der Waals surface area contributed by atoms with Crippen molar-refractivity contribution in [3.05, 3.63) is 77.6 Å². The van der Waals surface area contributed by atoms with E-state index in [0.29, 0.717) is 34.9 Å². The number of benzene rings is 2. The first-order valence-corrected chi connectivity index (χ1v) is 10.7. The predicted octanol–water partition coefficient (Wildman–Crippen LogP) is 3.81. The molecule has 2 aromatic carbocycles. The zero-order chi connectivity index (χ0) is 20.0. The highest BCUT2D eigenvalue weighted by Gasteiger charge is 2.22. The van der Waals surface area contributed by atoms with Gasteiger partial charge in [-0.2, -0.15) is 4.31 Å². The van der Waals surface area contributed by atoms with E-state index in [2.05, 4.69) is 10.3 Å². The van der Waals surface area contributed by atoms with Gasteiger partial charge in [0.15, 0.2) is 0 Å².